The van der Waals surface area contributed by atoms with Crippen LogP contribution in [-0.4, -0.2) is 16.5 Å². The monoisotopic (exact) mass is 273 g/mol. The highest BCUT2D eigenvalue weighted by Crippen LogP contribution is 2.31. The summed E-state index contributed by atoms with van der Waals surface area (Å²) in [6.45, 7) is 3.93. The smallest absolute Gasteiger partial charge is 0.338 e. The number of carboxylic acid groups (broad SMARTS) is 1. The predicted octanol–water partition coefficient (Wildman–Crippen LogP) is 3.71. The third-order valence-electron chi connectivity index (χ3n) is 2.55. The highest BCUT2D eigenvalue weighted by molar-refractivity contribution is 7.14. The van der Waals surface area contributed by atoms with E-state index in [0.29, 0.717) is 5.00 Å². The summed E-state index contributed by atoms with van der Waals surface area (Å²) in [5.74, 6) is -0.973. The molecule has 0 aliphatic rings. The van der Waals surface area contributed by atoms with Crippen LogP contribution in [0.4, 0.5) is 5.00 Å². The maximum Gasteiger partial charge on any atom is 0.338 e. The minimum Gasteiger partial charge on any atom is -0.478 e. The summed E-state index contributed by atoms with van der Waals surface area (Å²) < 4.78 is 0. The Balaban J connectivity index is 2.93. The fourth-order valence-electron chi connectivity index (χ4n) is 1.48. The first-order valence-electron chi connectivity index (χ1n) is 5.39. The van der Waals surface area contributed by atoms with E-state index in [2.05, 4.69) is 0 Å². The first kappa shape index (κ1) is 14.1. The van der Waals surface area contributed by atoms with E-state index < -0.39 is 5.97 Å². The van der Waals surface area contributed by atoms with Crippen LogP contribution in [0.5, 0.6) is 0 Å². The number of thiophene rings is 1. The van der Waals surface area contributed by atoms with Gasteiger partial charge in [0, 0.05) is 5.92 Å². The number of rotatable bonds is 5. The van der Waals surface area contributed by atoms with E-state index in [-0.39, 0.29) is 16.9 Å². The van der Waals surface area contributed by atoms with Gasteiger partial charge in [0.05, 0.1) is 10.9 Å². The van der Waals surface area contributed by atoms with Gasteiger partial charge in [0.15, 0.2) is 0 Å². The zero-order valence-electron chi connectivity index (χ0n) is 9.81. The first-order chi connectivity index (χ1) is 7.97. The zero-order valence-corrected chi connectivity index (χ0v) is 11.4. The van der Waals surface area contributed by atoms with Crippen LogP contribution in [0.2, 0.25) is 0 Å². The summed E-state index contributed by atoms with van der Waals surface area (Å²) in [5.41, 5.74) is 6.61. The topological polar surface area (TPSA) is 63.3 Å². The molecule has 0 bridgehead atoms. The summed E-state index contributed by atoms with van der Waals surface area (Å²) in [6.07, 6.45) is 4.67. The molecule has 0 spiro atoms. The number of nitrogens with two attached hydrogens (primary N) is 1. The van der Waals surface area contributed by atoms with Gasteiger partial charge in [0.2, 0.25) is 0 Å². The summed E-state index contributed by atoms with van der Waals surface area (Å²) in [6, 6.07) is 0. The molecule has 2 unspecified atom stereocenters. The predicted molar refractivity (Wildman–Crippen MR) is 73.2 cm³/mol. The number of allylic oxidation sites excluding steroid dienone is 2. The maximum atomic E-state index is 11.1. The van der Waals surface area contributed by atoms with Crippen molar-refractivity contribution in [2.45, 2.75) is 31.6 Å². The van der Waals surface area contributed by atoms with E-state index >= 15 is 0 Å². The molecule has 0 saturated heterocycles. The number of alkyl halides is 1. The second kappa shape index (κ2) is 6.07. The fourth-order valence-corrected chi connectivity index (χ4v) is 2.47. The molecule has 0 saturated carbocycles. The lowest BCUT2D eigenvalue weighted by molar-refractivity contribution is 0.0697. The Kier molecular flexibility index (Phi) is 5.02. The Morgan fingerprint density at radius 2 is 2.29 bits per heavy atom. The Labute approximate surface area is 110 Å². The summed E-state index contributed by atoms with van der Waals surface area (Å²) >= 11 is 7.24. The van der Waals surface area contributed by atoms with Crippen molar-refractivity contribution >= 4 is 33.9 Å². The number of nitrogen functional groups attached to an aromatic ring is 1. The third kappa shape index (κ3) is 3.48. The van der Waals surface area contributed by atoms with Gasteiger partial charge in [-0.25, -0.2) is 4.79 Å². The minimum absolute atomic E-state index is 0.00227. The molecule has 3 N–H and O–H groups in total. The van der Waals surface area contributed by atoms with Crippen molar-refractivity contribution in [1.29, 1.82) is 0 Å². The molecular weight excluding hydrogens is 258 g/mol. The molecule has 3 nitrogen and oxygen atoms in total. The maximum absolute atomic E-state index is 11.1. The average Bonchev–Trinajstić information content (AvgIpc) is 2.67. The second-order valence-corrected chi connectivity index (χ2v) is 5.31. The molecule has 0 aliphatic carbocycles. The van der Waals surface area contributed by atoms with E-state index in [4.69, 9.17) is 22.4 Å². The molecule has 0 aromatic carbocycles. The molecule has 0 radical (unpaired) electrons. The lowest BCUT2D eigenvalue weighted by atomic mass is 9.99. The molecule has 5 heteroatoms. The van der Waals surface area contributed by atoms with Crippen LogP contribution in [0.3, 0.4) is 0 Å². The van der Waals surface area contributed by atoms with Crippen molar-refractivity contribution in [3.8, 4) is 0 Å². The number of aromatic carboxylic acids is 1. The largest absolute Gasteiger partial charge is 0.478 e. The molecule has 94 valence electrons. The van der Waals surface area contributed by atoms with Crippen LogP contribution in [0, 0.1) is 0 Å². The SMILES string of the molecule is CCC(Cl)/C=C\C(C)c1csc(N)c1C(=O)O. The minimum atomic E-state index is -0.975. The zero-order chi connectivity index (χ0) is 13.0. The van der Waals surface area contributed by atoms with Crippen molar-refractivity contribution in [3.63, 3.8) is 0 Å². The van der Waals surface area contributed by atoms with Gasteiger partial charge < -0.3 is 10.8 Å². The van der Waals surface area contributed by atoms with Gasteiger partial charge in [-0.05, 0) is 17.4 Å². The van der Waals surface area contributed by atoms with Crippen molar-refractivity contribution in [1.82, 2.24) is 0 Å². The van der Waals surface area contributed by atoms with E-state index in [1.165, 1.54) is 11.3 Å². The van der Waals surface area contributed by atoms with E-state index in [0.717, 1.165) is 12.0 Å². The molecule has 0 amide bonds. The molecule has 0 fully saturated rings. The van der Waals surface area contributed by atoms with Gasteiger partial charge in [0.1, 0.15) is 5.00 Å². The number of hydrogen-bond acceptors (Lipinski definition) is 3. The van der Waals surface area contributed by atoms with E-state index in [1.54, 1.807) is 5.38 Å². The standard InChI is InChI=1S/C12H16ClNO2S/c1-3-8(13)5-4-7(2)9-6-17-11(14)10(9)12(15)16/h4-8H,3,14H2,1-2H3,(H,15,16)/b5-4-. The van der Waals surface area contributed by atoms with Crippen molar-refractivity contribution < 1.29 is 9.90 Å². The van der Waals surface area contributed by atoms with Crippen molar-refractivity contribution in [2.24, 2.45) is 0 Å². The molecule has 1 heterocycles. The van der Waals surface area contributed by atoms with Crippen LogP contribution in [0.15, 0.2) is 17.5 Å². The number of anilines is 1. The Hall–Kier alpha value is -1.00. The molecule has 1 aromatic rings. The Bertz CT molecular complexity index is 428. The highest BCUT2D eigenvalue weighted by atomic mass is 35.5. The number of carbonyl (C=O) groups is 1. The fraction of sp³-hybridized carbons (Fsp3) is 0.417. The number of halogens is 1. The van der Waals surface area contributed by atoms with Gasteiger partial charge in [-0.15, -0.1) is 22.9 Å². The third-order valence-corrected chi connectivity index (χ3v) is 3.83. The lowest BCUT2D eigenvalue weighted by Crippen LogP contribution is -2.04. The van der Waals surface area contributed by atoms with Crippen molar-refractivity contribution in [3.05, 3.63) is 28.7 Å². The van der Waals surface area contributed by atoms with Crippen LogP contribution in [0.25, 0.3) is 0 Å². The Morgan fingerprint density at radius 3 is 2.82 bits per heavy atom. The van der Waals surface area contributed by atoms with Crippen LogP contribution < -0.4 is 5.73 Å². The van der Waals surface area contributed by atoms with Gasteiger partial charge >= 0.3 is 5.97 Å². The van der Waals surface area contributed by atoms with E-state index in [1.807, 2.05) is 26.0 Å². The summed E-state index contributed by atoms with van der Waals surface area (Å²) in [7, 11) is 0. The highest BCUT2D eigenvalue weighted by Gasteiger charge is 2.19. The second-order valence-electron chi connectivity index (χ2n) is 3.83. The summed E-state index contributed by atoms with van der Waals surface area (Å²) in [4.78, 5) is 11.1. The summed E-state index contributed by atoms with van der Waals surface area (Å²) in [5, 5.41) is 11.2. The normalized spacial score (nSPS) is 15.0. The molecule has 2 atom stereocenters. The van der Waals surface area contributed by atoms with Gasteiger partial charge in [-0.3, -0.25) is 0 Å². The van der Waals surface area contributed by atoms with Crippen LogP contribution in [0.1, 0.15) is 42.1 Å². The molecule has 1 rings (SSSR count). The molecule has 1 aromatic heterocycles. The van der Waals surface area contributed by atoms with E-state index in [9.17, 15) is 4.79 Å². The first-order valence-corrected chi connectivity index (χ1v) is 6.71. The van der Waals surface area contributed by atoms with Crippen molar-refractivity contribution in [2.75, 3.05) is 5.73 Å². The van der Waals surface area contributed by atoms with Gasteiger partial charge in [-0.1, -0.05) is 26.0 Å². The molecule has 0 aliphatic heterocycles. The lowest BCUT2D eigenvalue weighted by Gasteiger charge is -2.07. The van der Waals surface area contributed by atoms with Crippen LogP contribution >= 0.6 is 22.9 Å². The number of carboxylic acids is 1. The molecular formula is C12H16ClNO2S. The quantitative estimate of drug-likeness (QED) is 0.635. The van der Waals surface area contributed by atoms with Gasteiger partial charge in [0.25, 0.3) is 0 Å². The Morgan fingerprint density at radius 1 is 1.65 bits per heavy atom. The van der Waals surface area contributed by atoms with Gasteiger partial charge in [-0.2, -0.15) is 0 Å². The number of hydrogen-bond donors (Lipinski definition) is 2. The van der Waals surface area contributed by atoms with Crippen LogP contribution in [-0.2, 0) is 0 Å². The average molecular weight is 274 g/mol. The molecule has 17 heavy (non-hydrogen) atoms.